The molecule has 0 bridgehead atoms. The summed E-state index contributed by atoms with van der Waals surface area (Å²) in [5.41, 5.74) is -1.01. The lowest BCUT2D eigenvalue weighted by Gasteiger charge is -2.09. The van der Waals surface area contributed by atoms with Crippen molar-refractivity contribution in [2.45, 2.75) is 6.10 Å². The molecule has 0 aromatic heterocycles. The molecule has 0 aliphatic heterocycles. The maximum absolute atomic E-state index is 10.7. The van der Waals surface area contributed by atoms with Gasteiger partial charge < -0.3 is 14.9 Å². The summed E-state index contributed by atoms with van der Waals surface area (Å²) in [6.45, 7) is -0.907. The van der Waals surface area contributed by atoms with Crippen LogP contribution in [-0.2, 0) is 0 Å². The van der Waals surface area contributed by atoms with Crippen molar-refractivity contribution in [3.05, 3.63) is 38.4 Å². The molecule has 1 unspecified atom stereocenters. The second kappa shape index (κ2) is 5.89. The number of non-ortho nitro benzene ring substituents is 1. The number of hydrogen-bond acceptors (Lipinski definition) is 7. The monoisotopic (exact) mass is 258 g/mol. The van der Waals surface area contributed by atoms with Crippen LogP contribution >= 0.6 is 0 Å². The first kappa shape index (κ1) is 13.8. The number of aliphatic hydroxyl groups is 2. The van der Waals surface area contributed by atoms with Gasteiger partial charge >= 0.3 is 5.69 Å². The van der Waals surface area contributed by atoms with Gasteiger partial charge in [0.25, 0.3) is 5.69 Å². The molecule has 9 nitrogen and oxygen atoms in total. The van der Waals surface area contributed by atoms with E-state index in [0.717, 1.165) is 18.2 Å². The van der Waals surface area contributed by atoms with Crippen molar-refractivity contribution < 1.29 is 24.8 Å². The number of rotatable bonds is 6. The molecular weight excluding hydrogens is 248 g/mol. The summed E-state index contributed by atoms with van der Waals surface area (Å²) in [7, 11) is 0. The molecule has 1 aromatic rings. The zero-order valence-electron chi connectivity index (χ0n) is 9.05. The molecule has 0 radical (unpaired) electrons. The maximum Gasteiger partial charge on any atom is 0.317 e. The molecule has 1 atom stereocenters. The largest absolute Gasteiger partial charge is 0.484 e. The molecule has 1 rings (SSSR count). The first-order valence-corrected chi connectivity index (χ1v) is 4.80. The molecule has 0 heterocycles. The quantitative estimate of drug-likeness (QED) is 0.550. The lowest BCUT2D eigenvalue weighted by Crippen LogP contribution is -2.21. The van der Waals surface area contributed by atoms with E-state index >= 15 is 0 Å². The Morgan fingerprint density at radius 1 is 1.28 bits per heavy atom. The zero-order valence-corrected chi connectivity index (χ0v) is 9.05. The van der Waals surface area contributed by atoms with Gasteiger partial charge in [-0.25, -0.2) is 0 Å². The van der Waals surface area contributed by atoms with Crippen molar-refractivity contribution in [2.75, 3.05) is 13.2 Å². The van der Waals surface area contributed by atoms with Crippen LogP contribution < -0.4 is 4.74 Å². The van der Waals surface area contributed by atoms with Crippen molar-refractivity contribution in [1.29, 1.82) is 0 Å². The van der Waals surface area contributed by atoms with Gasteiger partial charge in [-0.1, -0.05) is 0 Å². The molecule has 0 saturated heterocycles. The van der Waals surface area contributed by atoms with Crippen LogP contribution in [0.15, 0.2) is 18.2 Å². The minimum absolute atomic E-state index is 0.210. The summed E-state index contributed by atoms with van der Waals surface area (Å²) in [5.74, 6) is -0.210. The Morgan fingerprint density at radius 2 is 1.94 bits per heavy atom. The highest BCUT2D eigenvalue weighted by molar-refractivity contribution is 5.53. The fourth-order valence-corrected chi connectivity index (χ4v) is 1.12. The number of benzene rings is 1. The maximum atomic E-state index is 10.7. The van der Waals surface area contributed by atoms with Gasteiger partial charge in [-0.3, -0.25) is 20.2 Å². The Hall–Kier alpha value is -2.26. The van der Waals surface area contributed by atoms with E-state index in [4.69, 9.17) is 14.9 Å². The smallest absolute Gasteiger partial charge is 0.317 e. The number of aliphatic hydroxyl groups excluding tert-OH is 2. The number of ether oxygens (including phenoxy) is 1. The van der Waals surface area contributed by atoms with Gasteiger partial charge in [0.2, 0.25) is 0 Å². The zero-order chi connectivity index (χ0) is 13.7. The van der Waals surface area contributed by atoms with E-state index in [1.54, 1.807) is 0 Å². The molecule has 0 saturated carbocycles. The van der Waals surface area contributed by atoms with Crippen molar-refractivity contribution in [1.82, 2.24) is 0 Å². The summed E-state index contributed by atoms with van der Waals surface area (Å²) in [6.07, 6.45) is -1.18. The van der Waals surface area contributed by atoms with E-state index in [-0.39, 0.29) is 12.4 Å². The Bertz CT molecular complexity index is 462. The van der Waals surface area contributed by atoms with Crippen LogP contribution in [-0.4, -0.2) is 39.4 Å². The van der Waals surface area contributed by atoms with Gasteiger partial charge in [0, 0.05) is 6.07 Å². The highest BCUT2D eigenvalue weighted by atomic mass is 16.6. The Kier molecular flexibility index (Phi) is 4.52. The number of nitro benzene ring substituents is 2. The van der Waals surface area contributed by atoms with Crippen molar-refractivity contribution in [3.8, 4) is 5.75 Å². The van der Waals surface area contributed by atoms with Crippen LogP contribution in [0, 0.1) is 20.2 Å². The lowest BCUT2D eigenvalue weighted by atomic mass is 10.2. The summed E-state index contributed by atoms with van der Waals surface area (Å²) in [6, 6.07) is 2.88. The second-order valence-corrected chi connectivity index (χ2v) is 3.31. The predicted octanol–water partition coefficient (Wildman–Crippen LogP) is 0.235. The van der Waals surface area contributed by atoms with Gasteiger partial charge in [-0.05, 0) is 6.07 Å². The van der Waals surface area contributed by atoms with Crippen LogP contribution in [0.25, 0.3) is 0 Å². The van der Waals surface area contributed by atoms with Gasteiger partial charge in [0.15, 0.2) is 5.75 Å². The molecule has 18 heavy (non-hydrogen) atoms. The van der Waals surface area contributed by atoms with Gasteiger partial charge in [-0.2, -0.15) is 0 Å². The Labute approximate surface area is 101 Å². The van der Waals surface area contributed by atoms with E-state index in [9.17, 15) is 20.2 Å². The molecule has 0 aliphatic rings. The lowest BCUT2D eigenvalue weighted by molar-refractivity contribution is -0.394. The average molecular weight is 258 g/mol. The van der Waals surface area contributed by atoms with Crippen LogP contribution in [0.3, 0.4) is 0 Å². The normalized spacial score (nSPS) is 11.9. The average Bonchev–Trinajstić information content (AvgIpc) is 2.35. The van der Waals surface area contributed by atoms with E-state index < -0.39 is 33.9 Å². The Balaban J connectivity index is 2.97. The topological polar surface area (TPSA) is 136 Å². The van der Waals surface area contributed by atoms with E-state index in [1.165, 1.54) is 0 Å². The SMILES string of the molecule is O=[N+]([O-])c1ccc(OCC(O)CO)c([N+](=O)[O-])c1. The van der Waals surface area contributed by atoms with Crippen molar-refractivity contribution >= 4 is 11.4 Å². The molecule has 0 spiro atoms. The minimum Gasteiger partial charge on any atom is -0.484 e. The molecule has 0 aliphatic carbocycles. The van der Waals surface area contributed by atoms with Crippen LogP contribution in [0.4, 0.5) is 11.4 Å². The second-order valence-electron chi connectivity index (χ2n) is 3.31. The molecule has 98 valence electrons. The molecular formula is C9H10N2O7. The Morgan fingerprint density at radius 3 is 2.44 bits per heavy atom. The number of nitrogens with zero attached hydrogens (tertiary/aromatic N) is 2. The van der Waals surface area contributed by atoms with Gasteiger partial charge in [-0.15, -0.1) is 0 Å². The molecule has 2 N–H and O–H groups in total. The number of nitro groups is 2. The van der Waals surface area contributed by atoms with E-state index in [1.807, 2.05) is 0 Å². The summed E-state index contributed by atoms with van der Waals surface area (Å²) >= 11 is 0. The molecule has 1 aromatic carbocycles. The van der Waals surface area contributed by atoms with Crippen LogP contribution in [0.1, 0.15) is 0 Å². The minimum atomic E-state index is -1.18. The van der Waals surface area contributed by atoms with Crippen LogP contribution in [0.5, 0.6) is 5.75 Å². The summed E-state index contributed by atoms with van der Waals surface area (Å²) in [5, 5.41) is 38.8. The van der Waals surface area contributed by atoms with Crippen LogP contribution in [0.2, 0.25) is 0 Å². The fourth-order valence-electron chi connectivity index (χ4n) is 1.12. The van der Waals surface area contributed by atoms with Crippen molar-refractivity contribution in [2.24, 2.45) is 0 Å². The predicted molar refractivity (Wildman–Crippen MR) is 58.3 cm³/mol. The van der Waals surface area contributed by atoms with Gasteiger partial charge in [0.1, 0.15) is 12.7 Å². The third kappa shape index (κ3) is 3.37. The van der Waals surface area contributed by atoms with Gasteiger partial charge in [0.05, 0.1) is 22.5 Å². The highest BCUT2D eigenvalue weighted by Gasteiger charge is 2.21. The molecule has 0 amide bonds. The summed E-state index contributed by atoms with van der Waals surface area (Å²) in [4.78, 5) is 19.6. The van der Waals surface area contributed by atoms with E-state index in [0.29, 0.717) is 0 Å². The van der Waals surface area contributed by atoms with E-state index in [2.05, 4.69) is 0 Å². The third-order valence-corrected chi connectivity index (χ3v) is 1.99. The first-order valence-electron chi connectivity index (χ1n) is 4.80. The van der Waals surface area contributed by atoms with Crippen molar-refractivity contribution in [3.63, 3.8) is 0 Å². The number of hydrogen-bond donors (Lipinski definition) is 2. The fraction of sp³-hybridized carbons (Fsp3) is 0.333. The third-order valence-electron chi connectivity index (χ3n) is 1.99. The standard InChI is InChI=1S/C9H10N2O7/c12-4-7(13)5-18-9-2-1-6(10(14)15)3-8(9)11(16)17/h1-3,7,12-13H,4-5H2. The molecule has 9 heteroatoms. The summed E-state index contributed by atoms with van der Waals surface area (Å²) < 4.78 is 4.91. The molecule has 0 fully saturated rings. The highest BCUT2D eigenvalue weighted by Crippen LogP contribution is 2.30. The first-order chi connectivity index (χ1) is 8.45.